The molecule has 0 aromatic heterocycles. The van der Waals surface area contributed by atoms with E-state index in [1.54, 1.807) is 11.0 Å². The first kappa shape index (κ1) is 15.1. The zero-order valence-corrected chi connectivity index (χ0v) is 13.6. The Labute approximate surface area is 130 Å². The topological polar surface area (TPSA) is 32.8 Å². The Bertz CT molecular complexity index is 586. The van der Waals surface area contributed by atoms with Gasteiger partial charge in [0.2, 0.25) is 0 Å². The van der Waals surface area contributed by atoms with Crippen molar-refractivity contribution in [1.29, 1.82) is 0 Å². The summed E-state index contributed by atoms with van der Waals surface area (Å²) in [4.78, 5) is 16.2. The van der Waals surface area contributed by atoms with Crippen LogP contribution in [0.3, 0.4) is 0 Å². The van der Waals surface area contributed by atoms with Crippen LogP contribution in [-0.4, -0.2) is 47.2 Å². The monoisotopic (exact) mass is 306 g/mol. The molecule has 5 heteroatoms. The fourth-order valence-corrected chi connectivity index (χ4v) is 3.02. The highest BCUT2D eigenvalue weighted by atomic mass is 19.1. The Morgan fingerprint density at radius 1 is 1.32 bits per heavy atom. The Morgan fingerprint density at radius 3 is 2.68 bits per heavy atom. The predicted molar refractivity (Wildman–Crippen MR) is 82.8 cm³/mol. The van der Waals surface area contributed by atoms with Crippen molar-refractivity contribution >= 4 is 6.09 Å². The molecule has 1 heterocycles. The van der Waals surface area contributed by atoms with Gasteiger partial charge in [-0.25, -0.2) is 9.18 Å². The second kappa shape index (κ2) is 5.14. The van der Waals surface area contributed by atoms with Crippen molar-refractivity contribution in [2.45, 2.75) is 39.3 Å². The molecule has 1 saturated heterocycles. The number of rotatable bonds is 1. The average molecular weight is 306 g/mol. The highest BCUT2D eigenvalue weighted by Crippen LogP contribution is 2.45. The van der Waals surface area contributed by atoms with Crippen molar-refractivity contribution in [1.82, 2.24) is 9.80 Å². The molecule has 0 saturated carbocycles. The lowest BCUT2D eigenvalue weighted by molar-refractivity contribution is 0.00522. The minimum atomic E-state index is -0.478. The third-order valence-electron chi connectivity index (χ3n) is 4.16. The molecular formula is C17H23FN2O2. The molecule has 120 valence electrons. The maximum atomic E-state index is 13.4. The second-order valence-corrected chi connectivity index (χ2v) is 7.17. The van der Waals surface area contributed by atoms with Crippen LogP contribution in [0.1, 0.15) is 27.7 Å². The summed E-state index contributed by atoms with van der Waals surface area (Å²) < 4.78 is 18.9. The molecule has 0 bridgehead atoms. The van der Waals surface area contributed by atoms with Crippen LogP contribution < -0.4 is 0 Å². The van der Waals surface area contributed by atoms with E-state index in [-0.39, 0.29) is 23.9 Å². The molecule has 2 atom stereocenters. The molecule has 0 spiro atoms. The van der Waals surface area contributed by atoms with Gasteiger partial charge in [-0.05, 0) is 45.4 Å². The van der Waals surface area contributed by atoms with Crippen molar-refractivity contribution in [3.63, 3.8) is 0 Å². The number of piperazine rings is 1. The molecule has 0 radical (unpaired) electrons. The molecule has 0 N–H and O–H groups in total. The number of amides is 1. The van der Waals surface area contributed by atoms with Crippen LogP contribution in [0.15, 0.2) is 35.3 Å². The van der Waals surface area contributed by atoms with E-state index in [1.807, 2.05) is 39.8 Å². The van der Waals surface area contributed by atoms with Crippen LogP contribution in [0.25, 0.3) is 0 Å². The number of carbonyl (C=O) groups excluding carboxylic acids is 1. The van der Waals surface area contributed by atoms with Gasteiger partial charge in [-0.2, -0.15) is 0 Å². The van der Waals surface area contributed by atoms with Gasteiger partial charge in [-0.15, -0.1) is 0 Å². The van der Waals surface area contributed by atoms with Crippen LogP contribution in [0.2, 0.25) is 0 Å². The molecule has 1 aliphatic heterocycles. The number of hydrogen-bond acceptors (Lipinski definition) is 3. The van der Waals surface area contributed by atoms with E-state index < -0.39 is 5.60 Å². The van der Waals surface area contributed by atoms with Crippen LogP contribution in [0, 0.1) is 5.92 Å². The molecule has 3 aliphatic rings. The molecule has 1 amide bonds. The Hall–Kier alpha value is -1.78. The predicted octanol–water partition coefficient (Wildman–Crippen LogP) is 3.23. The SMILES string of the molecule is C[C@@H]1CN(C2=CC=C(F)[C@@H]3C=C23)CCN1C(=O)OC(C)(C)C. The first-order chi connectivity index (χ1) is 10.3. The van der Waals surface area contributed by atoms with Gasteiger partial charge >= 0.3 is 6.09 Å². The smallest absolute Gasteiger partial charge is 0.410 e. The maximum absolute atomic E-state index is 13.4. The van der Waals surface area contributed by atoms with Crippen molar-refractivity contribution in [2.75, 3.05) is 19.6 Å². The summed E-state index contributed by atoms with van der Waals surface area (Å²) in [6.07, 6.45) is 5.10. The summed E-state index contributed by atoms with van der Waals surface area (Å²) >= 11 is 0. The summed E-state index contributed by atoms with van der Waals surface area (Å²) in [5.74, 6) is -0.168. The van der Waals surface area contributed by atoms with Crippen molar-refractivity contribution in [3.05, 3.63) is 35.3 Å². The first-order valence-corrected chi connectivity index (χ1v) is 7.80. The molecule has 3 rings (SSSR count). The van der Waals surface area contributed by atoms with Gasteiger partial charge in [0.25, 0.3) is 0 Å². The minimum absolute atomic E-state index is 0.0676. The third kappa shape index (κ3) is 2.89. The highest BCUT2D eigenvalue weighted by molar-refractivity contribution is 5.68. The summed E-state index contributed by atoms with van der Waals surface area (Å²) in [6.45, 7) is 9.75. The zero-order chi connectivity index (χ0) is 16.1. The van der Waals surface area contributed by atoms with Gasteiger partial charge < -0.3 is 14.5 Å². The Balaban J connectivity index is 1.63. The third-order valence-corrected chi connectivity index (χ3v) is 4.16. The molecule has 0 unspecified atom stereocenters. The molecule has 22 heavy (non-hydrogen) atoms. The summed E-state index contributed by atoms with van der Waals surface area (Å²) in [5, 5.41) is 0. The van der Waals surface area contributed by atoms with E-state index in [0.29, 0.717) is 6.54 Å². The summed E-state index contributed by atoms with van der Waals surface area (Å²) in [5.41, 5.74) is 1.70. The van der Waals surface area contributed by atoms with E-state index >= 15 is 0 Å². The van der Waals surface area contributed by atoms with E-state index in [0.717, 1.165) is 24.4 Å². The number of halogens is 1. The van der Waals surface area contributed by atoms with Crippen molar-refractivity contribution in [3.8, 4) is 0 Å². The summed E-state index contributed by atoms with van der Waals surface area (Å²) in [6, 6.07) is 0.0676. The summed E-state index contributed by atoms with van der Waals surface area (Å²) in [7, 11) is 0. The first-order valence-electron chi connectivity index (χ1n) is 7.80. The van der Waals surface area contributed by atoms with Crippen LogP contribution in [-0.2, 0) is 4.74 Å². The number of allylic oxidation sites excluding steroid dienone is 5. The number of hydrogen-bond donors (Lipinski definition) is 0. The second-order valence-electron chi connectivity index (χ2n) is 7.17. The Kier molecular flexibility index (Phi) is 3.54. The average Bonchev–Trinajstić information content (AvgIpc) is 3.17. The van der Waals surface area contributed by atoms with Crippen LogP contribution in [0.5, 0.6) is 0 Å². The van der Waals surface area contributed by atoms with Gasteiger partial charge in [0, 0.05) is 31.4 Å². The van der Waals surface area contributed by atoms with Crippen molar-refractivity contribution in [2.24, 2.45) is 5.92 Å². The van der Waals surface area contributed by atoms with E-state index in [4.69, 9.17) is 4.74 Å². The molecular weight excluding hydrogens is 283 g/mol. The van der Waals surface area contributed by atoms with Gasteiger partial charge in [0.15, 0.2) is 0 Å². The number of carbonyl (C=O) groups is 1. The van der Waals surface area contributed by atoms with Gasteiger partial charge in [-0.3, -0.25) is 0 Å². The molecule has 4 nitrogen and oxygen atoms in total. The molecule has 2 aliphatic carbocycles. The number of fused-ring (bicyclic) bond motifs is 1. The lowest BCUT2D eigenvalue weighted by Gasteiger charge is -2.42. The van der Waals surface area contributed by atoms with Gasteiger partial charge in [-0.1, -0.05) is 6.08 Å². The molecule has 1 fully saturated rings. The van der Waals surface area contributed by atoms with E-state index in [1.165, 1.54) is 0 Å². The highest BCUT2D eigenvalue weighted by Gasteiger charge is 2.38. The maximum Gasteiger partial charge on any atom is 0.410 e. The number of ether oxygens (including phenoxy) is 1. The van der Waals surface area contributed by atoms with E-state index in [2.05, 4.69) is 4.90 Å². The van der Waals surface area contributed by atoms with Gasteiger partial charge in [0.1, 0.15) is 11.4 Å². The number of nitrogens with zero attached hydrogens (tertiary/aromatic N) is 2. The van der Waals surface area contributed by atoms with E-state index in [9.17, 15) is 9.18 Å². The lowest BCUT2D eigenvalue weighted by Crippen LogP contribution is -2.54. The Morgan fingerprint density at radius 2 is 2.05 bits per heavy atom. The zero-order valence-electron chi connectivity index (χ0n) is 13.6. The quantitative estimate of drug-likeness (QED) is 0.745. The fourth-order valence-electron chi connectivity index (χ4n) is 3.02. The molecule has 0 aromatic rings. The van der Waals surface area contributed by atoms with Crippen LogP contribution in [0.4, 0.5) is 9.18 Å². The normalized spacial score (nSPS) is 27.6. The largest absolute Gasteiger partial charge is 0.444 e. The molecule has 0 aromatic carbocycles. The van der Waals surface area contributed by atoms with Gasteiger partial charge in [0.05, 0.1) is 5.92 Å². The standard InChI is InChI=1S/C17H23FN2O2/c1-11-10-19(15-6-5-14(18)12-9-13(12)15)7-8-20(11)16(21)22-17(2,3)4/h5-6,9,11-12H,7-8,10H2,1-4H3/t11-,12-/m1/s1. The van der Waals surface area contributed by atoms with Crippen LogP contribution >= 0.6 is 0 Å². The van der Waals surface area contributed by atoms with Crippen molar-refractivity contribution < 1.29 is 13.9 Å². The lowest BCUT2D eigenvalue weighted by atomic mass is 10.1. The fraction of sp³-hybridized carbons (Fsp3) is 0.588. The minimum Gasteiger partial charge on any atom is -0.444 e.